The zero-order valence-electron chi connectivity index (χ0n) is 9.07. The third-order valence-corrected chi connectivity index (χ3v) is 1.96. The Bertz CT molecular complexity index is 252. The Labute approximate surface area is 93.6 Å². The largest absolute Gasteiger partial charge is 0.481 e. The summed E-state index contributed by atoms with van der Waals surface area (Å²) in [5.74, 6) is -2.08. The highest BCUT2D eigenvalue weighted by atomic mass is 16.4. The first kappa shape index (κ1) is 14.4. The van der Waals surface area contributed by atoms with Crippen molar-refractivity contribution >= 4 is 17.8 Å². The number of hydrogen-bond acceptors (Lipinski definition) is 3. The summed E-state index contributed by atoms with van der Waals surface area (Å²) in [5, 5.41) is 19.3. The second-order valence-electron chi connectivity index (χ2n) is 3.45. The topological polar surface area (TPSA) is 104 Å². The van der Waals surface area contributed by atoms with E-state index in [1.165, 1.54) is 0 Å². The summed E-state index contributed by atoms with van der Waals surface area (Å²) >= 11 is 0. The Balaban J connectivity index is 3.27. The van der Waals surface area contributed by atoms with Gasteiger partial charge in [-0.15, -0.1) is 0 Å². The molecule has 0 aromatic heterocycles. The summed E-state index contributed by atoms with van der Waals surface area (Å²) in [7, 11) is 0. The molecule has 16 heavy (non-hydrogen) atoms. The molecule has 0 aliphatic carbocycles. The van der Waals surface area contributed by atoms with Crippen molar-refractivity contribution in [3.63, 3.8) is 0 Å². The number of amides is 1. The maximum atomic E-state index is 11.0. The Morgan fingerprint density at radius 2 is 1.44 bits per heavy atom. The van der Waals surface area contributed by atoms with Gasteiger partial charge in [-0.05, 0) is 12.8 Å². The van der Waals surface area contributed by atoms with Crippen LogP contribution in [0.3, 0.4) is 0 Å². The van der Waals surface area contributed by atoms with Crippen molar-refractivity contribution in [1.82, 2.24) is 5.32 Å². The summed E-state index contributed by atoms with van der Waals surface area (Å²) in [6.45, 7) is 0.470. The van der Waals surface area contributed by atoms with Gasteiger partial charge in [0.15, 0.2) is 0 Å². The van der Waals surface area contributed by atoms with Gasteiger partial charge < -0.3 is 15.5 Å². The SMILES string of the molecule is O=C(O)CCCCCNC(=O)CCC(=O)O. The molecule has 6 nitrogen and oxygen atoms in total. The third kappa shape index (κ3) is 10.5. The fourth-order valence-electron chi connectivity index (χ4n) is 1.11. The van der Waals surface area contributed by atoms with Crippen LogP contribution in [0, 0.1) is 0 Å². The van der Waals surface area contributed by atoms with Crippen LogP contribution in [0.25, 0.3) is 0 Å². The minimum atomic E-state index is -0.989. The van der Waals surface area contributed by atoms with Crippen molar-refractivity contribution in [2.24, 2.45) is 0 Å². The molecule has 0 atom stereocenters. The Hall–Kier alpha value is -1.59. The van der Waals surface area contributed by atoms with Crippen LogP contribution in [-0.4, -0.2) is 34.6 Å². The lowest BCUT2D eigenvalue weighted by molar-refractivity contribution is -0.139. The van der Waals surface area contributed by atoms with E-state index in [-0.39, 0.29) is 25.2 Å². The van der Waals surface area contributed by atoms with Gasteiger partial charge in [0, 0.05) is 19.4 Å². The van der Waals surface area contributed by atoms with E-state index in [0.717, 1.165) is 6.42 Å². The van der Waals surface area contributed by atoms with Crippen molar-refractivity contribution in [2.45, 2.75) is 38.5 Å². The van der Waals surface area contributed by atoms with Gasteiger partial charge in [0.25, 0.3) is 0 Å². The highest BCUT2D eigenvalue weighted by molar-refractivity contribution is 5.80. The van der Waals surface area contributed by atoms with Crippen LogP contribution in [0.15, 0.2) is 0 Å². The maximum absolute atomic E-state index is 11.0. The first-order valence-corrected chi connectivity index (χ1v) is 5.22. The number of carbonyl (C=O) groups excluding carboxylic acids is 1. The molecule has 0 saturated carbocycles. The first-order chi connectivity index (χ1) is 7.52. The van der Waals surface area contributed by atoms with Crippen LogP contribution in [0.5, 0.6) is 0 Å². The molecule has 0 unspecified atom stereocenters. The minimum absolute atomic E-state index is 0.00947. The maximum Gasteiger partial charge on any atom is 0.303 e. The fraction of sp³-hybridized carbons (Fsp3) is 0.700. The van der Waals surface area contributed by atoms with Crippen molar-refractivity contribution < 1.29 is 24.6 Å². The highest BCUT2D eigenvalue weighted by Gasteiger charge is 2.04. The zero-order valence-corrected chi connectivity index (χ0v) is 9.07. The van der Waals surface area contributed by atoms with Crippen molar-refractivity contribution in [2.75, 3.05) is 6.54 Å². The quantitative estimate of drug-likeness (QED) is 0.504. The van der Waals surface area contributed by atoms with Crippen LogP contribution in [-0.2, 0) is 14.4 Å². The number of carboxylic acid groups (broad SMARTS) is 2. The molecule has 0 bridgehead atoms. The molecule has 3 N–H and O–H groups in total. The molecule has 0 radical (unpaired) electrons. The van der Waals surface area contributed by atoms with E-state index < -0.39 is 11.9 Å². The van der Waals surface area contributed by atoms with E-state index in [2.05, 4.69) is 5.32 Å². The van der Waals surface area contributed by atoms with Crippen molar-refractivity contribution in [3.8, 4) is 0 Å². The Morgan fingerprint density at radius 3 is 2.00 bits per heavy atom. The molecule has 0 aliphatic rings. The van der Waals surface area contributed by atoms with Gasteiger partial charge in [-0.25, -0.2) is 0 Å². The monoisotopic (exact) mass is 231 g/mol. The molecule has 0 saturated heterocycles. The molecule has 0 fully saturated rings. The number of rotatable bonds is 9. The fourth-order valence-corrected chi connectivity index (χ4v) is 1.11. The predicted molar refractivity (Wildman–Crippen MR) is 56.0 cm³/mol. The molecular formula is C10H17NO5. The molecule has 6 heteroatoms. The van der Waals surface area contributed by atoms with Crippen molar-refractivity contribution in [3.05, 3.63) is 0 Å². The van der Waals surface area contributed by atoms with Gasteiger partial charge in [-0.1, -0.05) is 6.42 Å². The summed E-state index contributed by atoms with van der Waals surface area (Å²) < 4.78 is 0. The average Bonchev–Trinajstić information content (AvgIpc) is 2.19. The van der Waals surface area contributed by atoms with E-state index in [9.17, 15) is 14.4 Å². The Morgan fingerprint density at radius 1 is 0.812 bits per heavy atom. The zero-order chi connectivity index (χ0) is 12.4. The summed E-state index contributed by atoms with van der Waals surface area (Å²) in [6, 6.07) is 0. The van der Waals surface area contributed by atoms with E-state index in [1.54, 1.807) is 0 Å². The lowest BCUT2D eigenvalue weighted by Gasteiger charge is -2.03. The molecule has 92 valence electrons. The van der Waals surface area contributed by atoms with E-state index in [4.69, 9.17) is 10.2 Å². The molecule has 0 aromatic carbocycles. The second kappa shape index (κ2) is 8.70. The molecular weight excluding hydrogens is 214 g/mol. The number of carboxylic acids is 2. The standard InChI is InChI=1S/C10H17NO5/c12-8(5-6-10(15)16)11-7-3-1-2-4-9(13)14/h1-7H2,(H,11,12)(H,13,14)(H,15,16). The van der Waals surface area contributed by atoms with Gasteiger partial charge >= 0.3 is 11.9 Å². The summed E-state index contributed by atoms with van der Waals surface area (Å²) in [4.78, 5) is 31.3. The highest BCUT2D eigenvalue weighted by Crippen LogP contribution is 1.98. The molecule has 0 rings (SSSR count). The number of carbonyl (C=O) groups is 3. The minimum Gasteiger partial charge on any atom is -0.481 e. The van der Waals surface area contributed by atoms with Gasteiger partial charge in [-0.2, -0.15) is 0 Å². The normalized spacial score (nSPS) is 9.75. The van der Waals surface area contributed by atoms with E-state index >= 15 is 0 Å². The van der Waals surface area contributed by atoms with Gasteiger partial charge in [-0.3, -0.25) is 14.4 Å². The molecule has 0 aromatic rings. The predicted octanol–water partition coefficient (Wildman–Crippen LogP) is 0.612. The van der Waals surface area contributed by atoms with Crippen LogP contribution in [0.2, 0.25) is 0 Å². The lowest BCUT2D eigenvalue weighted by atomic mass is 10.2. The lowest BCUT2D eigenvalue weighted by Crippen LogP contribution is -2.24. The number of nitrogens with one attached hydrogen (secondary N) is 1. The molecule has 1 amide bonds. The molecule has 0 spiro atoms. The average molecular weight is 231 g/mol. The molecule has 0 aliphatic heterocycles. The smallest absolute Gasteiger partial charge is 0.303 e. The number of aliphatic carboxylic acids is 2. The first-order valence-electron chi connectivity index (χ1n) is 5.22. The van der Waals surface area contributed by atoms with Crippen molar-refractivity contribution in [1.29, 1.82) is 0 Å². The third-order valence-electron chi connectivity index (χ3n) is 1.96. The Kier molecular flexibility index (Phi) is 7.83. The van der Waals surface area contributed by atoms with E-state index in [0.29, 0.717) is 19.4 Å². The van der Waals surface area contributed by atoms with Crippen LogP contribution in [0.1, 0.15) is 38.5 Å². The second-order valence-corrected chi connectivity index (χ2v) is 3.45. The number of hydrogen-bond donors (Lipinski definition) is 3. The van der Waals surface area contributed by atoms with Gasteiger partial charge in [0.05, 0.1) is 6.42 Å². The van der Waals surface area contributed by atoms with Crippen LogP contribution < -0.4 is 5.32 Å². The molecule has 0 heterocycles. The number of unbranched alkanes of at least 4 members (excludes halogenated alkanes) is 2. The van der Waals surface area contributed by atoms with Gasteiger partial charge in [0.1, 0.15) is 0 Å². The summed E-state index contributed by atoms with van der Waals surface area (Å²) in [5.41, 5.74) is 0. The van der Waals surface area contributed by atoms with Gasteiger partial charge in [0.2, 0.25) is 5.91 Å². The summed E-state index contributed by atoms with van der Waals surface area (Å²) in [6.07, 6.45) is 2.03. The van der Waals surface area contributed by atoms with Crippen LogP contribution >= 0.6 is 0 Å². The van der Waals surface area contributed by atoms with Crippen LogP contribution in [0.4, 0.5) is 0 Å². The van der Waals surface area contributed by atoms with E-state index in [1.807, 2.05) is 0 Å².